The van der Waals surface area contributed by atoms with Crippen LogP contribution >= 0.6 is 0 Å². The van der Waals surface area contributed by atoms with E-state index in [4.69, 9.17) is 4.74 Å². The van der Waals surface area contributed by atoms with Gasteiger partial charge in [0.25, 0.3) is 0 Å². The fourth-order valence-electron chi connectivity index (χ4n) is 2.74. The minimum absolute atomic E-state index is 0.745. The summed E-state index contributed by atoms with van der Waals surface area (Å²) in [5.41, 5.74) is 1.31. The number of methoxy groups -OCH3 is 1. The largest absolute Gasteiger partial charge is 0.497 e. The Morgan fingerprint density at radius 2 is 1.78 bits per heavy atom. The summed E-state index contributed by atoms with van der Waals surface area (Å²) in [6.45, 7) is 6.99. The molecule has 18 heavy (non-hydrogen) atoms. The van der Waals surface area contributed by atoms with E-state index in [1.54, 1.807) is 7.11 Å². The standard InChI is InChI=1S/C14H21N3O/c1-18-14-4-2-12(3-5-14)17-10-13(11-17)16-8-6-15-7-9-16/h2-5,13,15H,6-11H2,1H3. The zero-order valence-corrected chi connectivity index (χ0v) is 10.9. The lowest BCUT2D eigenvalue weighted by Gasteiger charge is -2.48. The summed E-state index contributed by atoms with van der Waals surface area (Å²) in [6, 6.07) is 9.11. The first-order valence-corrected chi connectivity index (χ1v) is 6.70. The van der Waals surface area contributed by atoms with E-state index in [0.29, 0.717) is 0 Å². The highest BCUT2D eigenvalue weighted by atomic mass is 16.5. The van der Waals surface area contributed by atoms with Crippen LogP contribution in [0, 0.1) is 0 Å². The van der Waals surface area contributed by atoms with E-state index in [1.165, 1.54) is 18.8 Å². The smallest absolute Gasteiger partial charge is 0.119 e. The van der Waals surface area contributed by atoms with Gasteiger partial charge in [-0.25, -0.2) is 0 Å². The Labute approximate surface area is 109 Å². The van der Waals surface area contributed by atoms with Crippen molar-refractivity contribution in [1.82, 2.24) is 10.2 Å². The maximum atomic E-state index is 5.18. The molecule has 2 heterocycles. The molecular weight excluding hydrogens is 226 g/mol. The summed E-state index contributed by atoms with van der Waals surface area (Å²) in [4.78, 5) is 5.04. The molecule has 1 aromatic carbocycles. The summed E-state index contributed by atoms with van der Waals surface area (Å²) in [5, 5.41) is 3.40. The maximum absolute atomic E-state index is 5.18. The number of nitrogens with one attached hydrogen (secondary N) is 1. The van der Waals surface area contributed by atoms with Crippen molar-refractivity contribution < 1.29 is 4.74 Å². The van der Waals surface area contributed by atoms with Crippen molar-refractivity contribution >= 4 is 5.69 Å². The second-order valence-electron chi connectivity index (χ2n) is 5.04. The van der Waals surface area contributed by atoms with Crippen molar-refractivity contribution in [2.24, 2.45) is 0 Å². The molecule has 0 saturated carbocycles. The normalized spacial score (nSPS) is 21.7. The van der Waals surface area contributed by atoms with Gasteiger partial charge in [0.2, 0.25) is 0 Å². The van der Waals surface area contributed by atoms with Gasteiger partial charge in [-0.15, -0.1) is 0 Å². The van der Waals surface area contributed by atoms with Crippen molar-refractivity contribution in [3.8, 4) is 5.75 Å². The van der Waals surface area contributed by atoms with Crippen LogP contribution in [0.5, 0.6) is 5.75 Å². The van der Waals surface area contributed by atoms with Gasteiger partial charge in [0.05, 0.1) is 7.11 Å². The van der Waals surface area contributed by atoms with Crippen molar-refractivity contribution in [1.29, 1.82) is 0 Å². The van der Waals surface area contributed by atoms with Crippen molar-refractivity contribution in [3.63, 3.8) is 0 Å². The molecule has 0 radical (unpaired) electrons. The Bertz CT molecular complexity index is 381. The molecule has 4 heteroatoms. The number of rotatable bonds is 3. The third kappa shape index (κ3) is 2.31. The third-order valence-electron chi connectivity index (χ3n) is 3.97. The molecule has 2 aliphatic heterocycles. The Morgan fingerprint density at radius 3 is 2.39 bits per heavy atom. The molecule has 0 aromatic heterocycles. The molecule has 0 aliphatic carbocycles. The average molecular weight is 247 g/mol. The van der Waals surface area contributed by atoms with Gasteiger partial charge in [0, 0.05) is 51.0 Å². The van der Waals surface area contributed by atoms with E-state index < -0.39 is 0 Å². The maximum Gasteiger partial charge on any atom is 0.119 e. The van der Waals surface area contributed by atoms with Crippen LogP contribution in [0.15, 0.2) is 24.3 Å². The van der Waals surface area contributed by atoms with Crippen LogP contribution in [0.2, 0.25) is 0 Å². The quantitative estimate of drug-likeness (QED) is 0.854. The lowest BCUT2D eigenvalue weighted by molar-refractivity contribution is 0.147. The molecule has 2 aliphatic rings. The third-order valence-corrected chi connectivity index (χ3v) is 3.97. The number of nitrogens with zero attached hydrogens (tertiary/aromatic N) is 2. The van der Waals surface area contributed by atoms with Crippen LogP contribution in [-0.4, -0.2) is 57.3 Å². The molecule has 4 nitrogen and oxygen atoms in total. The first-order chi connectivity index (χ1) is 8.86. The van der Waals surface area contributed by atoms with E-state index in [9.17, 15) is 0 Å². The number of piperazine rings is 1. The van der Waals surface area contributed by atoms with E-state index in [0.717, 1.165) is 38.0 Å². The van der Waals surface area contributed by atoms with Gasteiger partial charge in [-0.3, -0.25) is 4.90 Å². The summed E-state index contributed by atoms with van der Waals surface area (Å²) in [7, 11) is 1.71. The van der Waals surface area contributed by atoms with Crippen LogP contribution in [0.1, 0.15) is 0 Å². The van der Waals surface area contributed by atoms with Gasteiger partial charge in [-0.2, -0.15) is 0 Å². The molecule has 0 unspecified atom stereocenters. The molecule has 0 amide bonds. The predicted octanol–water partition coefficient (Wildman–Crippen LogP) is 0.789. The van der Waals surface area contributed by atoms with Gasteiger partial charge in [0.1, 0.15) is 5.75 Å². The van der Waals surface area contributed by atoms with Gasteiger partial charge in [-0.1, -0.05) is 0 Å². The van der Waals surface area contributed by atoms with Crippen LogP contribution in [0.3, 0.4) is 0 Å². The second kappa shape index (κ2) is 5.16. The number of benzene rings is 1. The monoisotopic (exact) mass is 247 g/mol. The lowest BCUT2D eigenvalue weighted by atomic mass is 10.0. The minimum Gasteiger partial charge on any atom is -0.497 e. The number of hydrogen-bond acceptors (Lipinski definition) is 4. The SMILES string of the molecule is COc1ccc(N2CC(N3CCNCC3)C2)cc1. The molecule has 2 fully saturated rings. The Hall–Kier alpha value is -1.26. The highest BCUT2D eigenvalue weighted by Crippen LogP contribution is 2.25. The number of anilines is 1. The number of ether oxygens (including phenoxy) is 1. The molecule has 0 spiro atoms. The van der Waals surface area contributed by atoms with Crippen LogP contribution in [0.4, 0.5) is 5.69 Å². The zero-order chi connectivity index (χ0) is 12.4. The molecule has 0 atom stereocenters. The average Bonchev–Trinajstić information content (AvgIpc) is 2.39. The lowest BCUT2D eigenvalue weighted by Crippen LogP contribution is -2.62. The van der Waals surface area contributed by atoms with E-state index in [-0.39, 0.29) is 0 Å². The highest BCUT2D eigenvalue weighted by molar-refractivity contribution is 5.51. The van der Waals surface area contributed by atoms with Gasteiger partial charge < -0.3 is 15.0 Å². The summed E-state index contributed by atoms with van der Waals surface area (Å²) >= 11 is 0. The van der Waals surface area contributed by atoms with Crippen molar-refractivity contribution in [2.45, 2.75) is 6.04 Å². The summed E-state index contributed by atoms with van der Waals surface area (Å²) < 4.78 is 5.18. The number of hydrogen-bond donors (Lipinski definition) is 1. The van der Waals surface area contributed by atoms with E-state index in [1.807, 2.05) is 12.1 Å². The van der Waals surface area contributed by atoms with Crippen LogP contribution < -0.4 is 15.0 Å². The fourth-order valence-corrected chi connectivity index (χ4v) is 2.74. The Balaban J connectivity index is 1.54. The first kappa shape index (κ1) is 11.8. The molecule has 2 saturated heterocycles. The van der Waals surface area contributed by atoms with Crippen LogP contribution in [0.25, 0.3) is 0 Å². The molecule has 1 aromatic rings. The topological polar surface area (TPSA) is 27.7 Å². The predicted molar refractivity (Wildman–Crippen MR) is 73.4 cm³/mol. The van der Waals surface area contributed by atoms with Gasteiger partial charge in [-0.05, 0) is 24.3 Å². The molecule has 0 bridgehead atoms. The fraction of sp³-hybridized carbons (Fsp3) is 0.571. The summed E-state index contributed by atoms with van der Waals surface area (Å²) in [5.74, 6) is 0.929. The van der Waals surface area contributed by atoms with Crippen LogP contribution in [-0.2, 0) is 0 Å². The van der Waals surface area contributed by atoms with Crippen molar-refractivity contribution in [2.75, 3.05) is 51.3 Å². The highest BCUT2D eigenvalue weighted by Gasteiger charge is 2.32. The second-order valence-corrected chi connectivity index (χ2v) is 5.04. The van der Waals surface area contributed by atoms with Gasteiger partial charge >= 0.3 is 0 Å². The molecular formula is C14H21N3O. The minimum atomic E-state index is 0.745. The first-order valence-electron chi connectivity index (χ1n) is 6.70. The Morgan fingerprint density at radius 1 is 1.11 bits per heavy atom. The zero-order valence-electron chi connectivity index (χ0n) is 10.9. The summed E-state index contributed by atoms with van der Waals surface area (Å²) in [6.07, 6.45) is 0. The molecule has 3 rings (SSSR count). The molecule has 98 valence electrons. The van der Waals surface area contributed by atoms with E-state index in [2.05, 4.69) is 27.2 Å². The Kier molecular flexibility index (Phi) is 3.39. The van der Waals surface area contributed by atoms with E-state index >= 15 is 0 Å². The van der Waals surface area contributed by atoms with Gasteiger partial charge in [0.15, 0.2) is 0 Å². The molecule has 1 N–H and O–H groups in total. The van der Waals surface area contributed by atoms with Crippen molar-refractivity contribution in [3.05, 3.63) is 24.3 Å².